The summed E-state index contributed by atoms with van der Waals surface area (Å²) in [7, 11) is 0. The summed E-state index contributed by atoms with van der Waals surface area (Å²) in [6.45, 7) is 7.53. The highest BCUT2D eigenvalue weighted by Gasteiger charge is 2.25. The van der Waals surface area contributed by atoms with Crippen LogP contribution in [0.4, 0.5) is 4.39 Å². The van der Waals surface area contributed by atoms with Crippen LogP contribution in [0.5, 0.6) is 0 Å². The van der Waals surface area contributed by atoms with E-state index in [1.165, 1.54) is 17.0 Å². The SMILES string of the molecule is CC(C(=O)NCCc1ccc(F)cc1)N1CCN(CCc2cccs2)CC1. The second-order valence-electron chi connectivity index (χ2n) is 7.05. The number of hydrogen-bond donors (Lipinski definition) is 1. The number of carbonyl (C=O) groups excluding carboxylic acids is 1. The summed E-state index contributed by atoms with van der Waals surface area (Å²) in [6, 6.07) is 10.6. The Morgan fingerprint density at radius 1 is 1.15 bits per heavy atom. The summed E-state index contributed by atoms with van der Waals surface area (Å²) in [6.07, 6.45) is 1.83. The van der Waals surface area contributed by atoms with Crippen LogP contribution in [-0.2, 0) is 17.6 Å². The average molecular weight is 390 g/mol. The van der Waals surface area contributed by atoms with Crippen molar-refractivity contribution in [2.75, 3.05) is 39.3 Å². The molecule has 2 aromatic rings. The summed E-state index contributed by atoms with van der Waals surface area (Å²) in [5.74, 6) is -0.157. The highest BCUT2D eigenvalue weighted by atomic mass is 32.1. The van der Waals surface area contributed by atoms with E-state index in [0.29, 0.717) is 6.54 Å². The summed E-state index contributed by atoms with van der Waals surface area (Å²) >= 11 is 1.82. The number of halogens is 1. The van der Waals surface area contributed by atoms with E-state index in [-0.39, 0.29) is 17.8 Å². The van der Waals surface area contributed by atoms with Crippen LogP contribution in [0.15, 0.2) is 41.8 Å². The number of benzene rings is 1. The van der Waals surface area contributed by atoms with Gasteiger partial charge in [0.15, 0.2) is 0 Å². The van der Waals surface area contributed by atoms with Gasteiger partial charge in [0, 0.05) is 44.1 Å². The Morgan fingerprint density at radius 2 is 1.89 bits per heavy atom. The zero-order valence-corrected chi connectivity index (χ0v) is 16.7. The van der Waals surface area contributed by atoms with Crippen molar-refractivity contribution >= 4 is 17.2 Å². The maximum Gasteiger partial charge on any atom is 0.237 e. The lowest BCUT2D eigenvalue weighted by atomic mass is 10.1. The Bertz CT molecular complexity index is 697. The van der Waals surface area contributed by atoms with E-state index in [0.717, 1.165) is 51.1 Å². The van der Waals surface area contributed by atoms with Crippen molar-refractivity contribution in [1.29, 1.82) is 0 Å². The van der Waals surface area contributed by atoms with Gasteiger partial charge in [-0.3, -0.25) is 9.69 Å². The molecule has 1 aliphatic rings. The quantitative estimate of drug-likeness (QED) is 0.754. The van der Waals surface area contributed by atoms with Crippen LogP contribution in [0.25, 0.3) is 0 Å². The molecule has 1 N–H and O–H groups in total. The van der Waals surface area contributed by atoms with Gasteiger partial charge in [-0.15, -0.1) is 11.3 Å². The van der Waals surface area contributed by atoms with Crippen molar-refractivity contribution in [2.45, 2.75) is 25.8 Å². The highest BCUT2D eigenvalue weighted by molar-refractivity contribution is 7.09. The molecule has 0 radical (unpaired) electrons. The Balaban J connectivity index is 1.34. The fourth-order valence-electron chi connectivity index (χ4n) is 3.39. The number of carbonyl (C=O) groups is 1. The van der Waals surface area contributed by atoms with Crippen LogP contribution in [-0.4, -0.2) is 61.0 Å². The van der Waals surface area contributed by atoms with E-state index in [9.17, 15) is 9.18 Å². The molecule has 1 aromatic heterocycles. The largest absolute Gasteiger partial charge is 0.354 e. The normalized spacial score (nSPS) is 17.0. The molecular weight excluding hydrogens is 361 g/mol. The molecule has 1 unspecified atom stereocenters. The van der Waals surface area contributed by atoms with Gasteiger partial charge in [0.1, 0.15) is 5.82 Å². The third-order valence-corrected chi connectivity index (χ3v) is 6.15. The van der Waals surface area contributed by atoms with Crippen molar-refractivity contribution in [3.05, 3.63) is 58.0 Å². The monoisotopic (exact) mass is 389 g/mol. The molecule has 0 spiro atoms. The van der Waals surface area contributed by atoms with E-state index in [1.807, 2.05) is 18.3 Å². The van der Waals surface area contributed by atoms with E-state index in [2.05, 4.69) is 32.6 Å². The van der Waals surface area contributed by atoms with Gasteiger partial charge in [-0.05, 0) is 48.9 Å². The number of thiophene rings is 1. The standard InChI is InChI=1S/C21H28FN3OS/c1-17(21(26)23-10-8-18-4-6-19(22)7-5-18)25-14-12-24(13-15-25)11-9-20-3-2-16-27-20/h2-7,16-17H,8-15H2,1H3,(H,23,26). The first-order valence-electron chi connectivity index (χ1n) is 9.63. The average Bonchev–Trinajstić information content (AvgIpc) is 3.21. The van der Waals surface area contributed by atoms with Gasteiger partial charge in [0.25, 0.3) is 0 Å². The molecule has 146 valence electrons. The van der Waals surface area contributed by atoms with Gasteiger partial charge in [0.05, 0.1) is 6.04 Å². The summed E-state index contributed by atoms with van der Waals surface area (Å²) in [5.41, 5.74) is 1.03. The second kappa shape index (κ2) is 9.97. The molecule has 4 nitrogen and oxygen atoms in total. The lowest BCUT2D eigenvalue weighted by Crippen LogP contribution is -2.54. The predicted octanol–water partition coefficient (Wildman–Crippen LogP) is 2.79. The van der Waals surface area contributed by atoms with Gasteiger partial charge < -0.3 is 10.2 Å². The predicted molar refractivity (Wildman–Crippen MR) is 109 cm³/mol. The molecule has 1 saturated heterocycles. The lowest BCUT2D eigenvalue weighted by Gasteiger charge is -2.37. The van der Waals surface area contributed by atoms with E-state index < -0.39 is 0 Å². The van der Waals surface area contributed by atoms with Gasteiger partial charge in [0.2, 0.25) is 5.91 Å². The van der Waals surface area contributed by atoms with Crippen LogP contribution >= 0.6 is 11.3 Å². The second-order valence-corrected chi connectivity index (χ2v) is 8.08. The Kier molecular flexibility index (Phi) is 7.38. The molecule has 27 heavy (non-hydrogen) atoms. The smallest absolute Gasteiger partial charge is 0.237 e. The Morgan fingerprint density at radius 3 is 2.56 bits per heavy atom. The molecule has 1 amide bonds. The van der Waals surface area contributed by atoms with Crippen LogP contribution < -0.4 is 5.32 Å². The van der Waals surface area contributed by atoms with Crippen LogP contribution in [0.1, 0.15) is 17.4 Å². The number of rotatable bonds is 8. The first-order valence-corrected chi connectivity index (χ1v) is 10.5. The van der Waals surface area contributed by atoms with Crippen molar-refractivity contribution in [1.82, 2.24) is 15.1 Å². The molecule has 1 aliphatic heterocycles. The zero-order valence-electron chi connectivity index (χ0n) is 15.9. The molecule has 0 aliphatic carbocycles. The number of piperazine rings is 1. The third-order valence-electron chi connectivity index (χ3n) is 5.21. The third kappa shape index (κ3) is 6.13. The number of nitrogens with one attached hydrogen (secondary N) is 1. The minimum absolute atomic E-state index is 0.0733. The maximum atomic E-state index is 12.9. The molecule has 1 atom stereocenters. The van der Waals surface area contributed by atoms with Crippen molar-refractivity contribution in [3.63, 3.8) is 0 Å². The highest BCUT2D eigenvalue weighted by Crippen LogP contribution is 2.12. The maximum absolute atomic E-state index is 12.9. The Hall–Kier alpha value is -1.76. The fourth-order valence-corrected chi connectivity index (χ4v) is 4.09. The summed E-state index contributed by atoms with van der Waals surface area (Å²) in [4.78, 5) is 18.6. The molecular formula is C21H28FN3OS. The van der Waals surface area contributed by atoms with Crippen LogP contribution in [0, 0.1) is 5.82 Å². The number of hydrogen-bond acceptors (Lipinski definition) is 4. The molecule has 3 rings (SSSR count). The summed E-state index contributed by atoms with van der Waals surface area (Å²) in [5, 5.41) is 5.14. The van der Waals surface area contributed by atoms with Crippen LogP contribution in [0.2, 0.25) is 0 Å². The van der Waals surface area contributed by atoms with E-state index >= 15 is 0 Å². The first kappa shape index (κ1) is 20.0. The molecule has 1 aromatic carbocycles. The molecule has 2 heterocycles. The van der Waals surface area contributed by atoms with Crippen molar-refractivity contribution < 1.29 is 9.18 Å². The minimum atomic E-state index is -0.231. The molecule has 0 saturated carbocycles. The minimum Gasteiger partial charge on any atom is -0.354 e. The topological polar surface area (TPSA) is 35.6 Å². The number of amides is 1. The van der Waals surface area contributed by atoms with Gasteiger partial charge >= 0.3 is 0 Å². The molecule has 0 bridgehead atoms. The Labute approximate surface area is 165 Å². The molecule has 6 heteroatoms. The fraction of sp³-hybridized carbons (Fsp3) is 0.476. The van der Waals surface area contributed by atoms with E-state index in [4.69, 9.17) is 0 Å². The first-order chi connectivity index (χ1) is 13.1. The van der Waals surface area contributed by atoms with Gasteiger partial charge in [-0.2, -0.15) is 0 Å². The van der Waals surface area contributed by atoms with Crippen molar-refractivity contribution in [3.8, 4) is 0 Å². The zero-order chi connectivity index (χ0) is 19.1. The van der Waals surface area contributed by atoms with E-state index in [1.54, 1.807) is 12.1 Å². The van der Waals surface area contributed by atoms with Gasteiger partial charge in [-0.1, -0.05) is 18.2 Å². The number of nitrogens with zero attached hydrogens (tertiary/aromatic N) is 2. The summed E-state index contributed by atoms with van der Waals surface area (Å²) < 4.78 is 12.9. The van der Waals surface area contributed by atoms with Gasteiger partial charge in [-0.25, -0.2) is 4.39 Å². The van der Waals surface area contributed by atoms with Crippen molar-refractivity contribution in [2.24, 2.45) is 0 Å². The lowest BCUT2D eigenvalue weighted by molar-refractivity contribution is -0.126. The molecule has 1 fully saturated rings. The van der Waals surface area contributed by atoms with Crippen LogP contribution in [0.3, 0.4) is 0 Å².